The molecule has 1 aromatic carbocycles. The number of rotatable bonds is 8. The molecule has 152 valence electrons. The molecular weight excluding hydrogens is 404 g/mol. The molecule has 0 saturated carbocycles. The van der Waals surface area contributed by atoms with Gasteiger partial charge in [0.05, 0.1) is 5.75 Å². The van der Waals surface area contributed by atoms with Gasteiger partial charge in [-0.2, -0.15) is 0 Å². The summed E-state index contributed by atoms with van der Waals surface area (Å²) >= 11 is 3.09. The van der Waals surface area contributed by atoms with Crippen molar-refractivity contribution in [1.82, 2.24) is 14.8 Å². The Labute approximate surface area is 178 Å². The van der Waals surface area contributed by atoms with Crippen LogP contribution in [0.1, 0.15) is 48.8 Å². The van der Waals surface area contributed by atoms with Crippen molar-refractivity contribution in [1.29, 1.82) is 0 Å². The third-order valence-electron chi connectivity index (χ3n) is 4.39. The second-order valence-electron chi connectivity index (χ2n) is 6.91. The molecule has 0 bridgehead atoms. The largest absolute Gasteiger partial charge is 0.325 e. The summed E-state index contributed by atoms with van der Waals surface area (Å²) in [5.74, 6) is 1.41. The summed E-state index contributed by atoms with van der Waals surface area (Å²) in [7, 11) is 0. The zero-order chi connectivity index (χ0) is 21.0. The van der Waals surface area contributed by atoms with Gasteiger partial charge in [-0.3, -0.25) is 9.59 Å². The first-order valence-corrected chi connectivity index (χ1v) is 11.3. The maximum absolute atomic E-state index is 12.3. The highest BCUT2D eigenvalue weighted by Crippen LogP contribution is 2.31. The molecule has 1 amide bonds. The lowest BCUT2D eigenvalue weighted by Gasteiger charge is -2.07. The van der Waals surface area contributed by atoms with Gasteiger partial charge in [-0.05, 0) is 50.1 Å². The van der Waals surface area contributed by atoms with E-state index < -0.39 is 0 Å². The van der Waals surface area contributed by atoms with E-state index in [0.717, 1.165) is 23.1 Å². The van der Waals surface area contributed by atoms with Gasteiger partial charge in [0, 0.05) is 33.6 Å². The zero-order valence-corrected chi connectivity index (χ0v) is 18.6. The number of nitrogens with zero attached hydrogens (tertiary/aromatic N) is 3. The van der Waals surface area contributed by atoms with E-state index in [0.29, 0.717) is 17.2 Å². The van der Waals surface area contributed by atoms with Crippen molar-refractivity contribution in [3.8, 4) is 11.4 Å². The van der Waals surface area contributed by atoms with Gasteiger partial charge in [0.25, 0.3) is 0 Å². The molecule has 0 unspecified atom stereocenters. The number of hydrogen-bond acceptors (Lipinski definition) is 6. The number of aromatic nitrogens is 3. The molecule has 0 radical (unpaired) electrons. The number of thiophene rings is 1. The summed E-state index contributed by atoms with van der Waals surface area (Å²) < 4.78 is 2.03. The Morgan fingerprint density at radius 1 is 1.21 bits per heavy atom. The number of anilines is 1. The number of carbonyl (C=O) groups is 2. The lowest BCUT2D eigenvalue weighted by Crippen LogP contribution is -2.14. The monoisotopic (exact) mass is 428 g/mol. The van der Waals surface area contributed by atoms with Crippen LogP contribution in [0.2, 0.25) is 0 Å². The molecule has 0 fully saturated rings. The van der Waals surface area contributed by atoms with Crippen molar-refractivity contribution in [2.24, 2.45) is 0 Å². The molecule has 3 aromatic rings. The molecule has 0 atom stereocenters. The lowest BCUT2D eigenvalue weighted by atomic mass is 10.1. The minimum Gasteiger partial charge on any atom is -0.325 e. The van der Waals surface area contributed by atoms with E-state index in [-0.39, 0.29) is 17.4 Å². The van der Waals surface area contributed by atoms with E-state index in [1.807, 2.05) is 11.5 Å². The van der Waals surface area contributed by atoms with Gasteiger partial charge in [0.1, 0.15) is 0 Å². The molecule has 0 aliphatic carbocycles. The normalized spacial score (nSPS) is 11.1. The molecule has 29 heavy (non-hydrogen) atoms. The van der Waals surface area contributed by atoms with Gasteiger partial charge in [-0.15, -0.1) is 21.5 Å². The Hall–Kier alpha value is -2.45. The first kappa shape index (κ1) is 21.3. The first-order chi connectivity index (χ1) is 13.9. The fraction of sp³-hybridized carbons (Fsp3) is 0.333. The Morgan fingerprint density at radius 2 is 1.93 bits per heavy atom. The summed E-state index contributed by atoms with van der Waals surface area (Å²) in [4.78, 5) is 25.0. The van der Waals surface area contributed by atoms with Gasteiger partial charge < -0.3 is 9.88 Å². The molecule has 0 saturated heterocycles. The fourth-order valence-electron chi connectivity index (χ4n) is 2.78. The second kappa shape index (κ2) is 9.37. The Balaban J connectivity index is 1.65. The molecule has 8 heteroatoms. The number of carbonyl (C=O) groups excluding carboxylic acids is 2. The molecule has 0 spiro atoms. The van der Waals surface area contributed by atoms with Crippen molar-refractivity contribution < 1.29 is 9.59 Å². The van der Waals surface area contributed by atoms with Crippen LogP contribution in [0.5, 0.6) is 0 Å². The van der Waals surface area contributed by atoms with Crippen molar-refractivity contribution in [2.45, 2.75) is 45.3 Å². The van der Waals surface area contributed by atoms with Crippen molar-refractivity contribution in [2.75, 3.05) is 11.1 Å². The van der Waals surface area contributed by atoms with E-state index in [1.54, 1.807) is 35.6 Å². The average molecular weight is 429 g/mol. The highest BCUT2D eigenvalue weighted by Gasteiger charge is 2.16. The van der Waals surface area contributed by atoms with Crippen LogP contribution in [0.3, 0.4) is 0 Å². The quantitative estimate of drug-likeness (QED) is 0.400. The topological polar surface area (TPSA) is 76.9 Å². The lowest BCUT2D eigenvalue weighted by molar-refractivity contribution is -0.113. The maximum atomic E-state index is 12.3. The summed E-state index contributed by atoms with van der Waals surface area (Å²) in [6, 6.07) is 9.04. The first-order valence-electron chi connectivity index (χ1n) is 9.44. The zero-order valence-electron chi connectivity index (χ0n) is 16.9. The standard InChI is InChI=1S/C21H24N4O2S2/c1-5-25-20(16-10-18(13(2)3)28-11-16)23-24-21(25)29-12-19(27)22-17-8-6-15(7-9-17)14(4)26/h6-11,13H,5,12H2,1-4H3,(H,22,27). The number of thioether (sulfide) groups is 1. The number of ketones is 1. The number of Topliss-reactive ketones (excluding diaryl/α,β-unsaturated/α-hetero) is 1. The molecule has 2 heterocycles. The van der Waals surface area contributed by atoms with Crippen LogP contribution >= 0.6 is 23.1 Å². The summed E-state index contributed by atoms with van der Waals surface area (Å²) in [6.07, 6.45) is 0. The number of amides is 1. The van der Waals surface area contributed by atoms with Crippen LogP contribution < -0.4 is 5.32 Å². The molecular formula is C21H24N4O2S2. The highest BCUT2D eigenvalue weighted by atomic mass is 32.2. The predicted molar refractivity (Wildman–Crippen MR) is 119 cm³/mol. The highest BCUT2D eigenvalue weighted by molar-refractivity contribution is 7.99. The third kappa shape index (κ3) is 5.13. The van der Waals surface area contributed by atoms with Crippen molar-refractivity contribution >= 4 is 40.5 Å². The molecule has 0 aliphatic heterocycles. The third-order valence-corrected chi connectivity index (χ3v) is 6.59. The molecule has 2 aromatic heterocycles. The Bertz CT molecular complexity index is 1010. The van der Waals surface area contributed by atoms with E-state index in [1.165, 1.54) is 23.6 Å². The van der Waals surface area contributed by atoms with E-state index in [9.17, 15) is 9.59 Å². The van der Waals surface area contributed by atoms with Gasteiger partial charge in [-0.25, -0.2) is 0 Å². The molecule has 1 N–H and O–H groups in total. The van der Waals surface area contributed by atoms with Crippen LogP contribution in [-0.2, 0) is 11.3 Å². The minimum atomic E-state index is -0.129. The van der Waals surface area contributed by atoms with Crippen LogP contribution in [0, 0.1) is 0 Å². The average Bonchev–Trinajstić information content (AvgIpc) is 3.33. The predicted octanol–water partition coefficient (Wildman–Crippen LogP) is 5.08. The summed E-state index contributed by atoms with van der Waals surface area (Å²) in [5, 5.41) is 14.3. The van der Waals surface area contributed by atoms with Crippen molar-refractivity contribution in [3.05, 3.63) is 46.2 Å². The summed E-state index contributed by atoms with van der Waals surface area (Å²) in [6.45, 7) is 8.64. The van der Waals surface area contributed by atoms with Crippen LogP contribution in [0.4, 0.5) is 5.69 Å². The van der Waals surface area contributed by atoms with Crippen LogP contribution in [-0.4, -0.2) is 32.2 Å². The van der Waals surface area contributed by atoms with Gasteiger partial charge in [-0.1, -0.05) is 25.6 Å². The Kier molecular flexibility index (Phi) is 6.87. The smallest absolute Gasteiger partial charge is 0.234 e. The van der Waals surface area contributed by atoms with Crippen LogP contribution in [0.15, 0.2) is 40.9 Å². The molecule has 6 nitrogen and oxygen atoms in total. The van der Waals surface area contributed by atoms with Gasteiger partial charge >= 0.3 is 0 Å². The van der Waals surface area contributed by atoms with Gasteiger partial charge in [0.15, 0.2) is 16.8 Å². The van der Waals surface area contributed by atoms with Crippen LogP contribution in [0.25, 0.3) is 11.4 Å². The SMILES string of the molecule is CCn1c(SCC(=O)Nc2ccc(C(C)=O)cc2)nnc1-c1csc(C(C)C)c1. The maximum Gasteiger partial charge on any atom is 0.234 e. The summed E-state index contributed by atoms with van der Waals surface area (Å²) in [5.41, 5.74) is 2.35. The number of nitrogens with one attached hydrogen (secondary N) is 1. The molecule has 0 aliphatic rings. The van der Waals surface area contributed by atoms with E-state index in [4.69, 9.17) is 0 Å². The molecule has 3 rings (SSSR count). The van der Waals surface area contributed by atoms with E-state index >= 15 is 0 Å². The minimum absolute atomic E-state index is 0.000671. The van der Waals surface area contributed by atoms with Crippen molar-refractivity contribution in [3.63, 3.8) is 0 Å². The fourth-order valence-corrected chi connectivity index (χ4v) is 4.49. The number of hydrogen-bond donors (Lipinski definition) is 1. The van der Waals surface area contributed by atoms with Gasteiger partial charge in [0.2, 0.25) is 5.91 Å². The Morgan fingerprint density at radius 3 is 2.52 bits per heavy atom. The second-order valence-corrected chi connectivity index (χ2v) is 8.80. The number of benzene rings is 1. The van der Waals surface area contributed by atoms with E-state index in [2.05, 4.69) is 40.8 Å².